The van der Waals surface area contributed by atoms with Crippen molar-refractivity contribution in [3.05, 3.63) is 48.0 Å². The van der Waals surface area contributed by atoms with Gasteiger partial charge in [0.1, 0.15) is 5.75 Å². The van der Waals surface area contributed by atoms with Crippen LogP contribution in [0, 0.1) is 0 Å². The molecule has 0 unspecified atom stereocenters. The lowest BCUT2D eigenvalue weighted by molar-refractivity contribution is -0.116. The first kappa shape index (κ1) is 30.7. The average molecular weight is 566 g/mol. The van der Waals surface area contributed by atoms with Crippen molar-refractivity contribution in [1.82, 2.24) is 10.2 Å². The summed E-state index contributed by atoms with van der Waals surface area (Å²) < 4.78 is 11.0. The van der Waals surface area contributed by atoms with Gasteiger partial charge in [0.2, 0.25) is 5.91 Å². The fourth-order valence-electron chi connectivity index (χ4n) is 5.51. The average Bonchev–Trinajstić information content (AvgIpc) is 3.02. The van der Waals surface area contributed by atoms with Crippen molar-refractivity contribution in [2.45, 2.75) is 45.4 Å². The number of nitrogens with zero attached hydrogens (tertiary/aromatic N) is 3. The number of ether oxygens (including phenoxy) is 2. The molecular weight excluding hydrogens is 518 g/mol. The molecule has 2 amide bonds. The Kier molecular flexibility index (Phi) is 12.1. The third kappa shape index (κ3) is 9.10. The first-order chi connectivity index (χ1) is 20.1. The van der Waals surface area contributed by atoms with Gasteiger partial charge in [-0.3, -0.25) is 14.5 Å². The van der Waals surface area contributed by atoms with E-state index in [1.54, 1.807) is 7.11 Å². The zero-order valence-corrected chi connectivity index (χ0v) is 24.8. The molecule has 2 aromatic carbocycles. The maximum Gasteiger partial charge on any atom is 0.253 e. The number of nitrogens with one attached hydrogen (secondary N) is 2. The molecule has 9 heteroatoms. The van der Waals surface area contributed by atoms with Crippen LogP contribution in [-0.2, 0) is 9.53 Å². The summed E-state index contributed by atoms with van der Waals surface area (Å²) in [5, 5.41) is 6.15. The zero-order valence-electron chi connectivity index (χ0n) is 24.8. The summed E-state index contributed by atoms with van der Waals surface area (Å²) in [4.78, 5) is 33.0. The van der Waals surface area contributed by atoms with Crippen LogP contribution in [0.4, 0.5) is 17.1 Å². The quantitative estimate of drug-likeness (QED) is 0.329. The van der Waals surface area contributed by atoms with Gasteiger partial charge in [-0.15, -0.1) is 0 Å². The predicted molar refractivity (Wildman–Crippen MR) is 165 cm³/mol. The Balaban J connectivity index is 1.41. The molecule has 0 aliphatic carbocycles. The van der Waals surface area contributed by atoms with E-state index in [0.29, 0.717) is 24.2 Å². The monoisotopic (exact) mass is 565 g/mol. The van der Waals surface area contributed by atoms with Crippen LogP contribution in [0.3, 0.4) is 0 Å². The standard InChI is InChI=1S/C32H47N5O4/c1-3-4-5-6-12-31(38)34-26-13-14-28(27(25-26)32(39)33-15-9-16-35-21-23-41-24-22-35)36-17-19-37(20-18-36)29-10-7-8-11-30(29)40-2/h7-8,10-11,13-14,25H,3-6,9,12,15-24H2,1-2H3,(H,33,39)(H,34,38). The number of amides is 2. The number of unbranched alkanes of at least 4 members (excludes halogenated alkanes) is 3. The van der Waals surface area contributed by atoms with Crippen LogP contribution >= 0.6 is 0 Å². The van der Waals surface area contributed by atoms with Gasteiger partial charge in [0, 0.05) is 63.6 Å². The van der Waals surface area contributed by atoms with Crippen LogP contribution in [0.1, 0.15) is 55.8 Å². The second-order valence-corrected chi connectivity index (χ2v) is 10.8. The van der Waals surface area contributed by atoms with E-state index in [1.165, 1.54) is 0 Å². The molecule has 0 radical (unpaired) electrons. The molecule has 0 spiro atoms. The van der Waals surface area contributed by atoms with Crippen molar-refractivity contribution in [3.8, 4) is 5.75 Å². The molecule has 4 rings (SSSR count). The molecule has 224 valence electrons. The minimum atomic E-state index is -0.104. The Morgan fingerprint density at radius 2 is 1.61 bits per heavy atom. The minimum Gasteiger partial charge on any atom is -0.495 e. The Labute approximate surface area is 245 Å². The molecule has 0 bridgehead atoms. The van der Waals surface area contributed by atoms with E-state index < -0.39 is 0 Å². The lowest BCUT2D eigenvalue weighted by Crippen LogP contribution is -2.47. The van der Waals surface area contributed by atoms with Gasteiger partial charge in [-0.25, -0.2) is 0 Å². The normalized spacial score (nSPS) is 16.0. The molecule has 2 fully saturated rings. The SMILES string of the molecule is CCCCCCC(=O)Nc1ccc(N2CCN(c3ccccc3OC)CC2)c(C(=O)NCCCN2CCOCC2)c1. The van der Waals surface area contributed by atoms with Gasteiger partial charge in [-0.2, -0.15) is 0 Å². The van der Waals surface area contributed by atoms with Gasteiger partial charge >= 0.3 is 0 Å². The minimum absolute atomic E-state index is 0.00357. The molecule has 2 aromatic rings. The van der Waals surface area contributed by atoms with E-state index in [2.05, 4.69) is 38.3 Å². The summed E-state index contributed by atoms with van der Waals surface area (Å²) in [5.41, 5.74) is 3.26. The Bertz CT molecular complexity index is 1110. The van der Waals surface area contributed by atoms with Gasteiger partial charge in [0.05, 0.1) is 31.6 Å². The molecule has 2 aliphatic heterocycles. The summed E-state index contributed by atoms with van der Waals surface area (Å²) in [5.74, 6) is 0.761. The summed E-state index contributed by atoms with van der Waals surface area (Å²) in [6.45, 7) is 10.3. The summed E-state index contributed by atoms with van der Waals surface area (Å²) in [6, 6.07) is 13.8. The van der Waals surface area contributed by atoms with E-state index in [4.69, 9.17) is 9.47 Å². The van der Waals surface area contributed by atoms with Crippen molar-refractivity contribution in [2.75, 3.05) is 87.8 Å². The number of rotatable bonds is 14. The molecule has 0 aromatic heterocycles. The summed E-state index contributed by atoms with van der Waals surface area (Å²) in [7, 11) is 1.70. The Hall–Kier alpha value is -3.30. The van der Waals surface area contributed by atoms with Crippen molar-refractivity contribution in [3.63, 3.8) is 0 Å². The van der Waals surface area contributed by atoms with Gasteiger partial charge < -0.3 is 29.9 Å². The fourth-order valence-corrected chi connectivity index (χ4v) is 5.51. The molecule has 2 aliphatic rings. The lowest BCUT2D eigenvalue weighted by atomic mass is 10.1. The smallest absolute Gasteiger partial charge is 0.253 e. The zero-order chi connectivity index (χ0) is 28.9. The predicted octanol–water partition coefficient (Wildman–Crippen LogP) is 4.38. The van der Waals surface area contributed by atoms with Crippen molar-refractivity contribution in [2.24, 2.45) is 0 Å². The molecule has 41 heavy (non-hydrogen) atoms. The molecule has 9 nitrogen and oxygen atoms in total. The number of para-hydroxylation sites is 2. The topological polar surface area (TPSA) is 86.4 Å². The third-order valence-electron chi connectivity index (χ3n) is 7.87. The first-order valence-corrected chi connectivity index (χ1v) is 15.2. The van der Waals surface area contributed by atoms with Crippen molar-refractivity contribution >= 4 is 28.9 Å². The largest absolute Gasteiger partial charge is 0.495 e. The number of carbonyl (C=O) groups excluding carboxylic acids is 2. The number of methoxy groups -OCH3 is 1. The van der Waals surface area contributed by atoms with Crippen LogP contribution in [0.2, 0.25) is 0 Å². The molecule has 0 atom stereocenters. The highest BCUT2D eigenvalue weighted by Gasteiger charge is 2.24. The van der Waals surface area contributed by atoms with Crippen LogP contribution in [-0.4, -0.2) is 89.4 Å². The van der Waals surface area contributed by atoms with Crippen LogP contribution in [0.25, 0.3) is 0 Å². The second kappa shape index (κ2) is 16.2. The number of carbonyl (C=O) groups is 2. The second-order valence-electron chi connectivity index (χ2n) is 10.8. The maximum absolute atomic E-state index is 13.5. The van der Waals surface area contributed by atoms with E-state index in [-0.39, 0.29) is 11.8 Å². The number of hydrogen-bond donors (Lipinski definition) is 2. The van der Waals surface area contributed by atoms with Crippen molar-refractivity contribution < 1.29 is 19.1 Å². The molecule has 2 N–H and O–H groups in total. The fraction of sp³-hybridized carbons (Fsp3) is 0.562. The summed E-state index contributed by atoms with van der Waals surface area (Å²) in [6.07, 6.45) is 5.60. The van der Waals surface area contributed by atoms with E-state index >= 15 is 0 Å². The Morgan fingerprint density at radius 3 is 2.34 bits per heavy atom. The van der Waals surface area contributed by atoms with Crippen LogP contribution < -0.4 is 25.2 Å². The Morgan fingerprint density at radius 1 is 0.878 bits per heavy atom. The van der Waals surface area contributed by atoms with Gasteiger partial charge in [-0.1, -0.05) is 38.3 Å². The van der Waals surface area contributed by atoms with E-state index in [1.807, 2.05) is 36.4 Å². The molecule has 2 saturated heterocycles. The van der Waals surface area contributed by atoms with Gasteiger partial charge in [0.25, 0.3) is 5.91 Å². The van der Waals surface area contributed by atoms with Crippen molar-refractivity contribution in [1.29, 1.82) is 0 Å². The number of benzene rings is 2. The lowest BCUT2D eigenvalue weighted by Gasteiger charge is -2.38. The van der Waals surface area contributed by atoms with E-state index in [0.717, 1.165) is 108 Å². The number of piperazine rings is 1. The highest BCUT2D eigenvalue weighted by Crippen LogP contribution is 2.31. The molecular formula is C32H47N5O4. The highest BCUT2D eigenvalue weighted by atomic mass is 16.5. The number of morpholine rings is 1. The number of anilines is 3. The van der Waals surface area contributed by atoms with Gasteiger partial charge in [0.15, 0.2) is 0 Å². The van der Waals surface area contributed by atoms with Crippen LogP contribution in [0.5, 0.6) is 5.75 Å². The first-order valence-electron chi connectivity index (χ1n) is 15.2. The van der Waals surface area contributed by atoms with E-state index in [9.17, 15) is 9.59 Å². The highest BCUT2D eigenvalue weighted by molar-refractivity contribution is 6.02. The summed E-state index contributed by atoms with van der Waals surface area (Å²) >= 11 is 0. The molecule has 2 heterocycles. The molecule has 0 saturated carbocycles. The maximum atomic E-state index is 13.5. The van der Waals surface area contributed by atoms with Gasteiger partial charge in [-0.05, 0) is 49.7 Å². The number of hydrogen-bond acceptors (Lipinski definition) is 7. The third-order valence-corrected chi connectivity index (χ3v) is 7.87. The van der Waals surface area contributed by atoms with Crippen LogP contribution in [0.15, 0.2) is 42.5 Å².